The van der Waals surface area contributed by atoms with Crippen molar-refractivity contribution in [3.05, 3.63) is 60.2 Å². The molecule has 0 fully saturated rings. The molecule has 2 aromatic heterocycles. The lowest BCUT2D eigenvalue weighted by Gasteiger charge is -2.13. The van der Waals surface area contributed by atoms with Gasteiger partial charge in [-0.05, 0) is 61.0 Å². The number of thiazole rings is 1. The molecule has 0 unspecified atom stereocenters. The molecule has 0 aliphatic rings. The summed E-state index contributed by atoms with van der Waals surface area (Å²) in [7, 11) is 4.59. The van der Waals surface area contributed by atoms with Gasteiger partial charge in [-0.1, -0.05) is 17.8 Å². The third kappa shape index (κ3) is 5.47. The highest BCUT2D eigenvalue weighted by Gasteiger charge is 2.19. The number of hydrogen-bond donors (Lipinski definition) is 2. The minimum absolute atomic E-state index is 0.101. The first-order chi connectivity index (χ1) is 18.9. The Morgan fingerprint density at radius 1 is 0.974 bits per heavy atom. The molecule has 0 radical (unpaired) electrons. The molecular weight excluding hydrogens is 536 g/mol. The number of hydrogen-bond acceptors (Lipinski definition) is 10. The second-order valence-electron chi connectivity index (χ2n) is 8.49. The fourth-order valence-corrected chi connectivity index (χ4v) is 5.69. The fourth-order valence-electron chi connectivity index (χ4n) is 3.96. The molecule has 3 N–H and O–H groups in total. The van der Waals surface area contributed by atoms with E-state index < -0.39 is 0 Å². The van der Waals surface area contributed by atoms with E-state index in [-0.39, 0.29) is 11.7 Å². The third-order valence-electron chi connectivity index (χ3n) is 5.88. The normalized spacial score (nSPS) is 11.0. The van der Waals surface area contributed by atoms with Gasteiger partial charge in [-0.15, -0.1) is 21.5 Å². The molecule has 2 heterocycles. The second kappa shape index (κ2) is 11.2. The van der Waals surface area contributed by atoms with Crippen molar-refractivity contribution in [1.29, 1.82) is 0 Å². The summed E-state index contributed by atoms with van der Waals surface area (Å²) in [5.74, 6) is 7.94. The van der Waals surface area contributed by atoms with Crippen molar-refractivity contribution in [1.82, 2.24) is 19.9 Å². The highest BCUT2D eigenvalue weighted by Crippen LogP contribution is 2.41. The number of aryl methyl sites for hydroxylation is 1. The molecule has 1 amide bonds. The Morgan fingerprint density at radius 3 is 2.36 bits per heavy atom. The number of aromatic nitrogens is 4. The van der Waals surface area contributed by atoms with Crippen LogP contribution in [0.2, 0.25) is 0 Å². The topological polar surface area (TPSA) is 126 Å². The number of nitrogen functional groups attached to an aromatic ring is 1. The van der Waals surface area contributed by atoms with Crippen LogP contribution in [0.25, 0.3) is 32.2 Å². The fraction of sp³-hybridized carbons (Fsp3) is 0.185. The summed E-state index contributed by atoms with van der Waals surface area (Å²) in [4.78, 5) is 17.3. The molecule has 0 bridgehead atoms. The number of nitrogens with one attached hydrogen (secondary N) is 1. The van der Waals surface area contributed by atoms with Crippen LogP contribution in [0.4, 0.5) is 5.69 Å². The van der Waals surface area contributed by atoms with Gasteiger partial charge < -0.3 is 25.4 Å². The number of carbonyl (C=O) groups is 1. The lowest BCUT2D eigenvalue weighted by atomic mass is 10.1. The SMILES string of the molecule is COc1cc(-c2nnc(SCC(=O)Nc3ccc(-c4nc5ccc(C)cc5s4)cc3)n2N)cc(OC)c1OC. The number of nitrogens with zero attached hydrogens (tertiary/aromatic N) is 4. The van der Waals surface area contributed by atoms with E-state index >= 15 is 0 Å². The Balaban J connectivity index is 1.23. The Bertz CT molecular complexity index is 1620. The molecule has 5 aromatic rings. The second-order valence-corrected chi connectivity index (χ2v) is 10.5. The smallest absolute Gasteiger partial charge is 0.234 e. The maximum absolute atomic E-state index is 12.6. The van der Waals surface area contributed by atoms with Crippen molar-refractivity contribution in [2.45, 2.75) is 12.1 Å². The molecule has 0 spiro atoms. The molecule has 0 saturated heterocycles. The minimum atomic E-state index is -0.194. The number of methoxy groups -OCH3 is 3. The van der Waals surface area contributed by atoms with Gasteiger partial charge in [0.05, 0.1) is 37.3 Å². The number of ether oxygens (including phenoxy) is 3. The van der Waals surface area contributed by atoms with E-state index in [0.29, 0.717) is 39.5 Å². The quantitative estimate of drug-likeness (QED) is 0.188. The van der Waals surface area contributed by atoms with Gasteiger partial charge in [0.15, 0.2) is 17.3 Å². The standard InChI is InChI=1S/C27H26N6O4S2/c1-15-5-10-19-22(11-15)39-26(30-19)16-6-8-18(9-7-16)29-23(34)14-38-27-32-31-25(33(27)28)17-12-20(35-2)24(37-4)21(13-17)36-3/h5-13H,14,28H2,1-4H3,(H,29,34). The molecule has 0 aliphatic heterocycles. The largest absolute Gasteiger partial charge is 0.493 e. The van der Waals surface area contributed by atoms with E-state index in [2.05, 4.69) is 34.6 Å². The molecule has 12 heteroatoms. The number of fused-ring (bicyclic) bond motifs is 1. The summed E-state index contributed by atoms with van der Waals surface area (Å²) in [6, 6.07) is 17.3. The molecular formula is C27H26N6O4S2. The zero-order chi connectivity index (χ0) is 27.5. The van der Waals surface area contributed by atoms with Crippen LogP contribution in [0, 0.1) is 6.92 Å². The summed E-state index contributed by atoms with van der Waals surface area (Å²) in [5, 5.41) is 12.6. The summed E-state index contributed by atoms with van der Waals surface area (Å²) < 4.78 is 18.7. The zero-order valence-corrected chi connectivity index (χ0v) is 23.4. The lowest BCUT2D eigenvalue weighted by molar-refractivity contribution is -0.113. The van der Waals surface area contributed by atoms with Crippen LogP contribution in [0.1, 0.15) is 5.56 Å². The first-order valence-electron chi connectivity index (χ1n) is 11.8. The van der Waals surface area contributed by atoms with Gasteiger partial charge >= 0.3 is 0 Å². The highest BCUT2D eigenvalue weighted by atomic mass is 32.2. The van der Waals surface area contributed by atoms with E-state index in [1.165, 1.54) is 43.3 Å². The molecule has 0 saturated carbocycles. The maximum Gasteiger partial charge on any atom is 0.234 e. The highest BCUT2D eigenvalue weighted by molar-refractivity contribution is 7.99. The van der Waals surface area contributed by atoms with Gasteiger partial charge in [-0.3, -0.25) is 4.79 Å². The Labute approximate surface area is 233 Å². The van der Waals surface area contributed by atoms with Gasteiger partial charge in [0.25, 0.3) is 0 Å². The van der Waals surface area contributed by atoms with Crippen molar-refractivity contribution in [3.8, 4) is 39.2 Å². The van der Waals surface area contributed by atoms with Gasteiger partial charge in [0, 0.05) is 16.8 Å². The molecule has 5 rings (SSSR count). The predicted octanol–water partition coefficient (Wildman–Crippen LogP) is 5.00. The molecule has 39 heavy (non-hydrogen) atoms. The first kappa shape index (κ1) is 26.3. The number of rotatable bonds is 9. The van der Waals surface area contributed by atoms with Crippen LogP contribution < -0.4 is 25.4 Å². The van der Waals surface area contributed by atoms with E-state index in [0.717, 1.165) is 20.8 Å². The predicted molar refractivity (Wildman–Crippen MR) is 154 cm³/mol. The van der Waals surface area contributed by atoms with Crippen LogP contribution in [-0.2, 0) is 4.79 Å². The summed E-state index contributed by atoms with van der Waals surface area (Å²) >= 11 is 2.83. The lowest BCUT2D eigenvalue weighted by Crippen LogP contribution is -2.16. The van der Waals surface area contributed by atoms with E-state index in [4.69, 9.17) is 25.0 Å². The van der Waals surface area contributed by atoms with Gasteiger partial charge in [-0.2, -0.15) is 0 Å². The average Bonchev–Trinajstić information content (AvgIpc) is 3.54. The van der Waals surface area contributed by atoms with Gasteiger partial charge in [0.2, 0.25) is 16.8 Å². The van der Waals surface area contributed by atoms with Crippen molar-refractivity contribution >= 4 is 44.9 Å². The Kier molecular flexibility index (Phi) is 7.57. The van der Waals surface area contributed by atoms with Crippen LogP contribution >= 0.6 is 23.1 Å². The molecule has 200 valence electrons. The zero-order valence-electron chi connectivity index (χ0n) is 21.7. The van der Waals surface area contributed by atoms with Crippen LogP contribution in [0.3, 0.4) is 0 Å². The number of nitrogens with two attached hydrogens (primary N) is 1. The van der Waals surface area contributed by atoms with E-state index in [9.17, 15) is 4.79 Å². The maximum atomic E-state index is 12.6. The molecule has 0 atom stereocenters. The van der Waals surface area contributed by atoms with Crippen molar-refractivity contribution in [2.24, 2.45) is 0 Å². The number of carbonyl (C=O) groups excluding carboxylic acids is 1. The third-order valence-corrected chi connectivity index (χ3v) is 7.89. The molecule has 0 aliphatic carbocycles. The Hall–Kier alpha value is -4.29. The Morgan fingerprint density at radius 2 is 1.69 bits per heavy atom. The van der Waals surface area contributed by atoms with Crippen LogP contribution in [-0.4, -0.2) is 52.8 Å². The summed E-state index contributed by atoms with van der Waals surface area (Å²) in [6.45, 7) is 2.07. The molecule has 3 aromatic carbocycles. The first-order valence-corrected chi connectivity index (χ1v) is 13.6. The monoisotopic (exact) mass is 562 g/mol. The summed E-state index contributed by atoms with van der Waals surface area (Å²) in [5.41, 5.74) is 4.50. The van der Waals surface area contributed by atoms with Crippen molar-refractivity contribution in [2.75, 3.05) is 38.2 Å². The van der Waals surface area contributed by atoms with Crippen molar-refractivity contribution < 1.29 is 19.0 Å². The van der Waals surface area contributed by atoms with Crippen LogP contribution in [0.5, 0.6) is 17.2 Å². The number of anilines is 1. The van der Waals surface area contributed by atoms with Gasteiger partial charge in [-0.25, -0.2) is 9.66 Å². The average molecular weight is 563 g/mol. The van der Waals surface area contributed by atoms with Gasteiger partial charge in [0.1, 0.15) is 5.01 Å². The number of amides is 1. The van der Waals surface area contributed by atoms with E-state index in [1.807, 2.05) is 30.3 Å². The minimum Gasteiger partial charge on any atom is -0.493 e. The van der Waals surface area contributed by atoms with E-state index in [1.54, 1.807) is 23.5 Å². The molecule has 10 nitrogen and oxygen atoms in total. The van der Waals surface area contributed by atoms with Crippen LogP contribution in [0.15, 0.2) is 59.8 Å². The number of thioether (sulfide) groups is 1. The van der Waals surface area contributed by atoms with Crippen molar-refractivity contribution in [3.63, 3.8) is 0 Å². The summed E-state index contributed by atoms with van der Waals surface area (Å²) in [6.07, 6.45) is 0. The number of benzene rings is 3.